The van der Waals surface area contributed by atoms with Crippen LogP contribution in [0, 0.1) is 0 Å². The van der Waals surface area contributed by atoms with E-state index < -0.39 is 0 Å². The van der Waals surface area contributed by atoms with E-state index in [0.29, 0.717) is 18.2 Å². The molecule has 1 aliphatic rings. The van der Waals surface area contributed by atoms with Gasteiger partial charge in [0.2, 0.25) is 0 Å². The van der Waals surface area contributed by atoms with Gasteiger partial charge in [0.25, 0.3) is 0 Å². The molecule has 0 radical (unpaired) electrons. The predicted molar refractivity (Wildman–Crippen MR) is 98.1 cm³/mol. The first-order valence-electron chi connectivity index (χ1n) is 8.52. The standard InChI is InChI=1S/C18H22N6O/c19-17-15-13-6-8-24(10-12-4-2-1-3-5-12)11-14(13)21-18(20-7-9-25)16(15)22-23-17/h1-5,25H,6-11H2,(H,20,21)(H3,19,22,23). The second-order valence-corrected chi connectivity index (χ2v) is 6.34. The summed E-state index contributed by atoms with van der Waals surface area (Å²) in [5.41, 5.74) is 10.4. The number of pyridine rings is 1. The monoisotopic (exact) mass is 338 g/mol. The second kappa shape index (κ2) is 6.70. The number of hydrogen-bond acceptors (Lipinski definition) is 6. The number of nitrogens with two attached hydrogens (primary N) is 1. The molecule has 0 spiro atoms. The smallest absolute Gasteiger partial charge is 0.153 e. The minimum absolute atomic E-state index is 0.0456. The molecule has 1 aliphatic heterocycles. The number of aromatic amines is 1. The van der Waals surface area contributed by atoms with Gasteiger partial charge >= 0.3 is 0 Å². The van der Waals surface area contributed by atoms with Crippen LogP contribution in [0.3, 0.4) is 0 Å². The molecular weight excluding hydrogens is 316 g/mol. The Balaban J connectivity index is 1.66. The zero-order chi connectivity index (χ0) is 17.2. The number of anilines is 2. The van der Waals surface area contributed by atoms with Gasteiger partial charge in [-0.1, -0.05) is 30.3 Å². The Kier molecular flexibility index (Phi) is 4.25. The molecule has 3 aromatic rings. The van der Waals surface area contributed by atoms with Crippen molar-refractivity contribution in [2.75, 3.05) is 30.7 Å². The third-order valence-corrected chi connectivity index (χ3v) is 4.63. The minimum Gasteiger partial charge on any atom is -0.395 e. The maximum Gasteiger partial charge on any atom is 0.153 e. The van der Waals surface area contributed by atoms with Crippen molar-refractivity contribution in [2.45, 2.75) is 19.5 Å². The third-order valence-electron chi connectivity index (χ3n) is 4.63. The summed E-state index contributed by atoms with van der Waals surface area (Å²) in [6.07, 6.45) is 0.898. The molecule has 130 valence electrons. The van der Waals surface area contributed by atoms with E-state index in [1.54, 1.807) is 0 Å². The molecule has 2 aromatic heterocycles. The quantitative estimate of drug-likeness (QED) is 0.562. The molecule has 0 saturated heterocycles. The lowest BCUT2D eigenvalue weighted by Crippen LogP contribution is -2.31. The van der Waals surface area contributed by atoms with Gasteiger partial charge in [-0.3, -0.25) is 10.00 Å². The fourth-order valence-corrected chi connectivity index (χ4v) is 3.48. The first-order chi connectivity index (χ1) is 12.3. The van der Waals surface area contributed by atoms with Crippen molar-refractivity contribution < 1.29 is 5.11 Å². The molecule has 0 aliphatic carbocycles. The Bertz CT molecular complexity index is 876. The number of nitrogen functional groups attached to an aromatic ring is 1. The van der Waals surface area contributed by atoms with Crippen LogP contribution in [0.5, 0.6) is 0 Å². The lowest BCUT2D eigenvalue weighted by Gasteiger charge is -2.29. The first kappa shape index (κ1) is 15.9. The van der Waals surface area contributed by atoms with Crippen LogP contribution in [-0.4, -0.2) is 44.9 Å². The normalized spacial score (nSPS) is 14.6. The van der Waals surface area contributed by atoms with Gasteiger partial charge in [-0.05, 0) is 17.5 Å². The van der Waals surface area contributed by atoms with Gasteiger partial charge in [0.05, 0.1) is 17.7 Å². The maximum absolute atomic E-state index is 9.10. The highest BCUT2D eigenvalue weighted by Gasteiger charge is 2.24. The number of aliphatic hydroxyl groups excluding tert-OH is 1. The number of nitrogens with zero attached hydrogens (tertiary/aromatic N) is 3. The minimum atomic E-state index is 0.0456. The molecule has 0 fully saturated rings. The number of hydrogen-bond donors (Lipinski definition) is 4. The second-order valence-electron chi connectivity index (χ2n) is 6.34. The molecule has 5 N–H and O–H groups in total. The van der Waals surface area contributed by atoms with E-state index >= 15 is 0 Å². The molecule has 25 heavy (non-hydrogen) atoms. The van der Waals surface area contributed by atoms with Crippen LogP contribution in [-0.2, 0) is 19.5 Å². The van der Waals surface area contributed by atoms with Crippen LogP contribution in [0.4, 0.5) is 11.6 Å². The predicted octanol–water partition coefficient (Wildman–Crippen LogP) is 1.50. The van der Waals surface area contributed by atoms with Crippen molar-refractivity contribution in [3.63, 3.8) is 0 Å². The molecule has 1 aromatic carbocycles. The van der Waals surface area contributed by atoms with E-state index in [4.69, 9.17) is 15.8 Å². The van der Waals surface area contributed by atoms with Crippen molar-refractivity contribution in [1.82, 2.24) is 20.1 Å². The van der Waals surface area contributed by atoms with Gasteiger partial charge in [0.1, 0.15) is 5.52 Å². The Hall–Kier alpha value is -2.64. The summed E-state index contributed by atoms with van der Waals surface area (Å²) >= 11 is 0. The molecule has 0 amide bonds. The number of fused-ring (bicyclic) bond motifs is 3. The highest BCUT2D eigenvalue weighted by atomic mass is 16.3. The van der Waals surface area contributed by atoms with Gasteiger partial charge < -0.3 is 16.2 Å². The molecule has 7 heteroatoms. The summed E-state index contributed by atoms with van der Waals surface area (Å²) in [7, 11) is 0. The van der Waals surface area contributed by atoms with Crippen molar-refractivity contribution in [3.8, 4) is 0 Å². The van der Waals surface area contributed by atoms with Crippen molar-refractivity contribution >= 4 is 22.5 Å². The fraction of sp³-hybridized carbons (Fsp3) is 0.333. The Morgan fingerprint density at radius 2 is 2.12 bits per heavy atom. The van der Waals surface area contributed by atoms with Crippen LogP contribution in [0.15, 0.2) is 30.3 Å². The number of rotatable bonds is 5. The average Bonchev–Trinajstić information content (AvgIpc) is 3.03. The number of aromatic nitrogens is 3. The molecule has 7 nitrogen and oxygen atoms in total. The zero-order valence-electron chi connectivity index (χ0n) is 14.0. The van der Waals surface area contributed by atoms with Crippen molar-refractivity contribution in [2.24, 2.45) is 0 Å². The Morgan fingerprint density at radius 1 is 1.28 bits per heavy atom. The summed E-state index contributed by atoms with van der Waals surface area (Å²) in [6.45, 7) is 3.13. The third kappa shape index (κ3) is 3.04. The SMILES string of the molecule is Nc1n[nH]c2c(NCCO)nc3c(c12)CCN(Cc1ccccc1)C3. The Morgan fingerprint density at radius 3 is 2.92 bits per heavy atom. The van der Waals surface area contributed by atoms with E-state index in [0.717, 1.165) is 42.7 Å². The lowest BCUT2D eigenvalue weighted by atomic mass is 10.00. The molecule has 0 unspecified atom stereocenters. The van der Waals surface area contributed by atoms with Gasteiger partial charge in [-0.2, -0.15) is 5.10 Å². The molecule has 0 bridgehead atoms. The largest absolute Gasteiger partial charge is 0.395 e. The molecule has 3 heterocycles. The highest BCUT2D eigenvalue weighted by Crippen LogP contribution is 2.33. The van der Waals surface area contributed by atoms with E-state index in [9.17, 15) is 0 Å². The summed E-state index contributed by atoms with van der Waals surface area (Å²) in [6, 6.07) is 10.5. The number of nitrogens with one attached hydrogen (secondary N) is 2. The van der Waals surface area contributed by atoms with Gasteiger partial charge in [-0.25, -0.2) is 4.98 Å². The highest BCUT2D eigenvalue weighted by molar-refractivity contribution is 5.98. The van der Waals surface area contributed by atoms with Crippen LogP contribution < -0.4 is 11.1 Å². The molecular formula is C18H22N6O. The van der Waals surface area contributed by atoms with Crippen molar-refractivity contribution in [3.05, 3.63) is 47.2 Å². The summed E-state index contributed by atoms with van der Waals surface area (Å²) in [5, 5.41) is 20.3. The summed E-state index contributed by atoms with van der Waals surface area (Å²) < 4.78 is 0. The lowest BCUT2D eigenvalue weighted by molar-refractivity contribution is 0.242. The van der Waals surface area contributed by atoms with E-state index in [1.807, 2.05) is 6.07 Å². The van der Waals surface area contributed by atoms with Gasteiger partial charge in [0.15, 0.2) is 11.6 Å². The molecule has 0 atom stereocenters. The Labute approximate surface area is 145 Å². The van der Waals surface area contributed by atoms with Crippen LogP contribution in [0.2, 0.25) is 0 Å². The topological polar surface area (TPSA) is 103 Å². The molecule has 4 rings (SSSR count). The summed E-state index contributed by atoms with van der Waals surface area (Å²) in [4.78, 5) is 7.18. The van der Waals surface area contributed by atoms with E-state index in [1.165, 1.54) is 11.1 Å². The van der Waals surface area contributed by atoms with Crippen LogP contribution >= 0.6 is 0 Å². The fourth-order valence-electron chi connectivity index (χ4n) is 3.48. The maximum atomic E-state index is 9.10. The van der Waals surface area contributed by atoms with Gasteiger partial charge in [-0.15, -0.1) is 0 Å². The van der Waals surface area contributed by atoms with Crippen LogP contribution in [0.1, 0.15) is 16.8 Å². The first-order valence-corrected chi connectivity index (χ1v) is 8.52. The van der Waals surface area contributed by atoms with Crippen molar-refractivity contribution in [1.29, 1.82) is 0 Å². The number of H-pyrrole nitrogens is 1. The average molecular weight is 338 g/mol. The van der Waals surface area contributed by atoms with Crippen LogP contribution in [0.25, 0.3) is 10.9 Å². The van der Waals surface area contributed by atoms with Gasteiger partial charge in [0, 0.05) is 26.2 Å². The summed E-state index contributed by atoms with van der Waals surface area (Å²) in [5.74, 6) is 1.21. The number of aliphatic hydroxyl groups is 1. The van der Waals surface area contributed by atoms with E-state index in [-0.39, 0.29) is 6.61 Å². The zero-order valence-corrected chi connectivity index (χ0v) is 14.0. The number of benzene rings is 1. The molecule has 0 saturated carbocycles. The van der Waals surface area contributed by atoms with E-state index in [2.05, 4.69) is 44.7 Å².